The Morgan fingerprint density at radius 1 is 1.29 bits per heavy atom. The minimum atomic E-state index is -0.642. The molecule has 0 aliphatic carbocycles. The first-order valence-electron chi connectivity index (χ1n) is 9.63. The van der Waals surface area contributed by atoms with Crippen LogP contribution in [0.25, 0.3) is 0 Å². The molecule has 1 aromatic carbocycles. The number of carbonyl (C=O) groups is 1. The van der Waals surface area contributed by atoms with E-state index >= 15 is 0 Å². The lowest BCUT2D eigenvalue weighted by atomic mass is 9.98. The molecule has 2 atom stereocenters. The average molecular weight is 393 g/mol. The zero-order valence-electron chi connectivity index (χ0n) is 16.4. The van der Waals surface area contributed by atoms with Gasteiger partial charge in [0.25, 0.3) is 0 Å². The van der Waals surface area contributed by atoms with Crippen LogP contribution in [0.5, 0.6) is 0 Å². The van der Waals surface area contributed by atoms with Gasteiger partial charge in [-0.1, -0.05) is 0 Å². The first kappa shape index (κ1) is 19.1. The third-order valence-corrected chi connectivity index (χ3v) is 5.27. The topological polar surface area (TPSA) is 54.4 Å². The number of benzene rings is 1. The summed E-state index contributed by atoms with van der Waals surface area (Å²) in [6.07, 6.45) is 0.707. The van der Waals surface area contributed by atoms with Gasteiger partial charge >= 0.3 is 6.09 Å². The molecule has 0 aromatic heterocycles. The van der Waals surface area contributed by atoms with Crippen molar-refractivity contribution >= 4 is 17.6 Å². The van der Waals surface area contributed by atoms with Gasteiger partial charge in [-0.15, -0.1) is 0 Å². The van der Waals surface area contributed by atoms with E-state index in [1.165, 1.54) is 6.07 Å². The van der Waals surface area contributed by atoms with Crippen molar-refractivity contribution in [2.45, 2.75) is 51.4 Å². The molecule has 6 nitrogen and oxygen atoms in total. The van der Waals surface area contributed by atoms with Crippen LogP contribution < -0.4 is 0 Å². The minimum Gasteiger partial charge on any atom is -0.444 e. The highest BCUT2D eigenvalue weighted by molar-refractivity contribution is 5.92. The second-order valence-corrected chi connectivity index (χ2v) is 8.49. The Hall–Kier alpha value is -2.22. The van der Waals surface area contributed by atoms with Gasteiger partial charge in [0.05, 0.1) is 18.8 Å². The van der Waals surface area contributed by atoms with Gasteiger partial charge in [-0.25, -0.2) is 18.6 Å². The van der Waals surface area contributed by atoms with Crippen LogP contribution in [0.3, 0.4) is 0 Å². The van der Waals surface area contributed by atoms with Gasteiger partial charge < -0.3 is 14.4 Å². The maximum absolute atomic E-state index is 14.0. The smallest absolute Gasteiger partial charge is 0.410 e. The van der Waals surface area contributed by atoms with Crippen molar-refractivity contribution in [2.75, 3.05) is 26.2 Å². The van der Waals surface area contributed by atoms with Gasteiger partial charge in [0.2, 0.25) is 0 Å². The number of piperidine rings is 1. The number of halogens is 2. The van der Waals surface area contributed by atoms with Gasteiger partial charge in [-0.3, -0.25) is 4.90 Å². The zero-order valence-corrected chi connectivity index (χ0v) is 16.4. The Kier molecular flexibility index (Phi) is 4.77. The third kappa shape index (κ3) is 3.70. The number of hydrogen-bond donors (Lipinski definition) is 0. The Morgan fingerprint density at radius 2 is 2.07 bits per heavy atom. The van der Waals surface area contributed by atoms with Crippen molar-refractivity contribution in [1.29, 1.82) is 0 Å². The number of carbonyl (C=O) groups excluding carboxylic acids is 1. The number of morpholine rings is 1. The van der Waals surface area contributed by atoms with Crippen molar-refractivity contribution in [2.24, 2.45) is 4.99 Å². The minimum absolute atomic E-state index is 0.0592. The molecule has 0 spiro atoms. The maximum atomic E-state index is 14.0. The van der Waals surface area contributed by atoms with Crippen LogP contribution in [0, 0.1) is 11.6 Å². The largest absolute Gasteiger partial charge is 0.444 e. The van der Waals surface area contributed by atoms with Gasteiger partial charge in [0, 0.05) is 32.1 Å². The van der Waals surface area contributed by atoms with Crippen LogP contribution in [0.2, 0.25) is 0 Å². The van der Waals surface area contributed by atoms with E-state index in [0.29, 0.717) is 44.1 Å². The second-order valence-electron chi connectivity index (χ2n) is 8.49. The van der Waals surface area contributed by atoms with Crippen LogP contribution >= 0.6 is 0 Å². The molecule has 0 radical (unpaired) electrons. The summed E-state index contributed by atoms with van der Waals surface area (Å²) in [7, 11) is 0. The number of aliphatic imine (C=N–C) groups is 1. The predicted molar refractivity (Wildman–Crippen MR) is 99.8 cm³/mol. The van der Waals surface area contributed by atoms with Crippen LogP contribution in [-0.4, -0.2) is 65.7 Å². The normalized spacial score (nSPS) is 24.5. The van der Waals surface area contributed by atoms with Gasteiger partial charge in [-0.2, -0.15) is 0 Å². The monoisotopic (exact) mass is 393 g/mol. The SMILES string of the molecule is CC(C)(C)OC(=O)N1CCOC2CCN(C3=Nc4c(F)cc(F)cc4C3)CC21. The Labute approximate surface area is 163 Å². The van der Waals surface area contributed by atoms with E-state index in [1.54, 1.807) is 4.90 Å². The van der Waals surface area contributed by atoms with Crippen LogP contribution in [-0.2, 0) is 15.9 Å². The fourth-order valence-corrected chi connectivity index (χ4v) is 4.05. The van der Waals surface area contributed by atoms with Gasteiger partial charge in [-0.05, 0) is 38.8 Å². The molecule has 3 aliphatic rings. The fraction of sp³-hybridized carbons (Fsp3) is 0.600. The van der Waals surface area contributed by atoms with Crippen LogP contribution in [0.15, 0.2) is 17.1 Å². The molecular weight excluding hydrogens is 368 g/mol. The Morgan fingerprint density at radius 3 is 2.82 bits per heavy atom. The van der Waals surface area contributed by atoms with Crippen LogP contribution in [0.4, 0.5) is 19.3 Å². The fourth-order valence-electron chi connectivity index (χ4n) is 4.05. The first-order chi connectivity index (χ1) is 13.2. The Balaban J connectivity index is 1.51. The molecule has 28 heavy (non-hydrogen) atoms. The van der Waals surface area contributed by atoms with E-state index in [4.69, 9.17) is 9.47 Å². The summed E-state index contributed by atoms with van der Waals surface area (Å²) in [6, 6.07) is 2.03. The van der Waals surface area contributed by atoms with Gasteiger partial charge in [0.15, 0.2) is 5.82 Å². The molecular formula is C20H25F2N3O3. The first-order valence-corrected chi connectivity index (χ1v) is 9.63. The Bertz CT molecular complexity index is 822. The predicted octanol–water partition coefficient (Wildman–Crippen LogP) is 3.26. The molecule has 3 heterocycles. The number of fused-ring (bicyclic) bond motifs is 2. The number of amides is 1. The van der Waals surface area contributed by atoms with E-state index in [-0.39, 0.29) is 23.9 Å². The molecule has 2 unspecified atom stereocenters. The molecule has 1 aromatic rings. The molecule has 0 saturated carbocycles. The lowest BCUT2D eigenvalue weighted by Gasteiger charge is -2.47. The summed E-state index contributed by atoms with van der Waals surface area (Å²) < 4.78 is 39.0. The molecule has 0 bridgehead atoms. The number of amidine groups is 1. The number of rotatable bonds is 0. The summed E-state index contributed by atoms with van der Waals surface area (Å²) >= 11 is 0. The van der Waals surface area contributed by atoms with Crippen molar-refractivity contribution in [3.05, 3.63) is 29.3 Å². The standard InChI is InChI=1S/C20H25F2N3O3/c1-20(2,3)28-19(26)25-6-7-27-16-4-5-24(11-15(16)25)17-9-12-8-13(21)10-14(22)18(12)23-17/h8,10,15-16H,4-7,9,11H2,1-3H3. The summed E-state index contributed by atoms with van der Waals surface area (Å²) in [4.78, 5) is 20.9. The number of likely N-dealkylation sites (tertiary alicyclic amines) is 1. The summed E-state index contributed by atoms with van der Waals surface area (Å²) in [5.74, 6) is -0.535. The number of ether oxygens (including phenoxy) is 2. The van der Waals surface area contributed by atoms with Crippen molar-refractivity contribution < 1.29 is 23.0 Å². The number of hydrogen-bond acceptors (Lipinski definition) is 5. The lowest BCUT2D eigenvalue weighted by Crippen LogP contribution is -2.62. The maximum Gasteiger partial charge on any atom is 0.410 e. The van der Waals surface area contributed by atoms with E-state index in [2.05, 4.69) is 4.99 Å². The average Bonchev–Trinajstić information content (AvgIpc) is 3.03. The highest BCUT2D eigenvalue weighted by Gasteiger charge is 2.42. The van der Waals surface area contributed by atoms with E-state index in [1.807, 2.05) is 25.7 Å². The zero-order chi connectivity index (χ0) is 20.1. The molecule has 2 saturated heterocycles. The van der Waals surface area contributed by atoms with Crippen molar-refractivity contribution in [3.8, 4) is 0 Å². The number of nitrogens with zero attached hydrogens (tertiary/aromatic N) is 3. The highest BCUT2D eigenvalue weighted by atomic mass is 19.1. The molecule has 152 valence electrons. The molecule has 0 N–H and O–H groups in total. The van der Waals surface area contributed by atoms with Crippen molar-refractivity contribution in [1.82, 2.24) is 9.80 Å². The summed E-state index contributed by atoms with van der Waals surface area (Å²) in [6.45, 7) is 7.70. The summed E-state index contributed by atoms with van der Waals surface area (Å²) in [5.41, 5.74) is 0.193. The van der Waals surface area contributed by atoms with Crippen molar-refractivity contribution in [3.63, 3.8) is 0 Å². The van der Waals surface area contributed by atoms with Crippen LogP contribution in [0.1, 0.15) is 32.8 Å². The van der Waals surface area contributed by atoms with Gasteiger partial charge in [0.1, 0.15) is 22.9 Å². The molecule has 1 amide bonds. The molecule has 2 fully saturated rings. The molecule has 4 rings (SSSR count). The summed E-state index contributed by atoms with van der Waals surface area (Å²) in [5, 5.41) is 0. The lowest BCUT2D eigenvalue weighted by molar-refractivity contribution is -0.0954. The second kappa shape index (κ2) is 6.99. The molecule has 8 heteroatoms. The van der Waals surface area contributed by atoms with E-state index in [9.17, 15) is 13.6 Å². The third-order valence-electron chi connectivity index (χ3n) is 5.27. The van der Waals surface area contributed by atoms with E-state index in [0.717, 1.165) is 12.5 Å². The quantitative estimate of drug-likeness (QED) is 0.679. The highest BCUT2D eigenvalue weighted by Crippen LogP contribution is 2.33. The van der Waals surface area contributed by atoms with E-state index < -0.39 is 17.2 Å². The molecule has 3 aliphatic heterocycles.